The highest BCUT2D eigenvalue weighted by molar-refractivity contribution is 6.30. The SMILES string of the molecule is O=C(O)/C=C\C(=O)O.OCCOCCOCCN1CCN(Cc2ccc(-c3ccc(Cl)cc3)cc2)CC1. The maximum atomic E-state index is 9.55. The van der Waals surface area contributed by atoms with Crippen molar-refractivity contribution in [3.05, 3.63) is 71.3 Å². The van der Waals surface area contributed by atoms with Crippen molar-refractivity contribution in [2.24, 2.45) is 0 Å². The third kappa shape index (κ3) is 13.4. The largest absolute Gasteiger partial charge is 0.478 e. The molecule has 0 unspecified atom stereocenters. The summed E-state index contributed by atoms with van der Waals surface area (Å²) in [5.74, 6) is -2.51. The van der Waals surface area contributed by atoms with Gasteiger partial charge in [-0.15, -0.1) is 0 Å². The van der Waals surface area contributed by atoms with Crippen molar-refractivity contribution >= 4 is 23.5 Å². The van der Waals surface area contributed by atoms with E-state index in [9.17, 15) is 9.59 Å². The second kappa shape index (κ2) is 17.6. The Balaban J connectivity index is 0.000000521. The molecule has 37 heavy (non-hydrogen) atoms. The first-order chi connectivity index (χ1) is 17.9. The standard InChI is InChI=1S/C23H31ClN2O3.C4H4O4/c24-23-7-5-22(6-8-23)21-3-1-20(2-4-21)19-26-11-9-25(10-12-26)13-15-28-17-18-29-16-14-27;5-3(6)1-2-4(7)8/h1-8,27H,9-19H2;1-2H,(H,5,6)(H,7,8)/b;2-1-. The van der Waals surface area contributed by atoms with E-state index >= 15 is 0 Å². The van der Waals surface area contributed by atoms with Crippen LogP contribution in [0.2, 0.25) is 5.02 Å². The van der Waals surface area contributed by atoms with Crippen LogP contribution in [0.15, 0.2) is 60.7 Å². The van der Waals surface area contributed by atoms with E-state index in [0.717, 1.165) is 50.9 Å². The van der Waals surface area contributed by atoms with Crippen LogP contribution in [0.1, 0.15) is 5.56 Å². The van der Waals surface area contributed by atoms with Gasteiger partial charge in [0.25, 0.3) is 0 Å². The summed E-state index contributed by atoms with van der Waals surface area (Å²) in [5.41, 5.74) is 3.76. The molecule has 1 saturated heterocycles. The summed E-state index contributed by atoms with van der Waals surface area (Å²) in [6.07, 6.45) is 1.12. The molecule has 3 N–H and O–H groups in total. The molecule has 1 aliphatic heterocycles. The van der Waals surface area contributed by atoms with Crippen molar-refractivity contribution in [1.82, 2.24) is 9.80 Å². The van der Waals surface area contributed by atoms with Gasteiger partial charge in [0.2, 0.25) is 0 Å². The number of piperazine rings is 1. The number of benzene rings is 2. The van der Waals surface area contributed by atoms with Crippen LogP contribution in [0.4, 0.5) is 0 Å². The van der Waals surface area contributed by atoms with Gasteiger partial charge in [-0.25, -0.2) is 9.59 Å². The predicted octanol–water partition coefficient (Wildman–Crippen LogP) is 2.86. The Morgan fingerprint density at radius 1 is 0.757 bits per heavy atom. The number of hydrogen-bond acceptors (Lipinski definition) is 7. The monoisotopic (exact) mass is 534 g/mol. The smallest absolute Gasteiger partial charge is 0.328 e. The summed E-state index contributed by atoms with van der Waals surface area (Å²) >= 11 is 5.97. The molecule has 10 heteroatoms. The zero-order chi connectivity index (χ0) is 26.9. The molecule has 9 nitrogen and oxygen atoms in total. The number of rotatable bonds is 13. The minimum atomic E-state index is -1.26. The van der Waals surface area contributed by atoms with Gasteiger partial charge in [-0.1, -0.05) is 48.0 Å². The number of aliphatic hydroxyl groups is 1. The summed E-state index contributed by atoms with van der Waals surface area (Å²) in [6, 6.07) is 16.8. The fraction of sp³-hybridized carbons (Fsp3) is 0.407. The van der Waals surface area contributed by atoms with E-state index < -0.39 is 11.9 Å². The summed E-state index contributed by atoms with van der Waals surface area (Å²) in [7, 11) is 0. The van der Waals surface area contributed by atoms with Crippen molar-refractivity contribution in [3.63, 3.8) is 0 Å². The summed E-state index contributed by atoms with van der Waals surface area (Å²) in [5, 5.41) is 25.0. The first-order valence-electron chi connectivity index (χ1n) is 12.1. The van der Waals surface area contributed by atoms with E-state index in [1.807, 2.05) is 12.1 Å². The lowest BCUT2D eigenvalue weighted by molar-refractivity contribution is -0.134. The van der Waals surface area contributed by atoms with Gasteiger partial charge in [-0.2, -0.15) is 0 Å². The molecule has 0 spiro atoms. The molecule has 1 fully saturated rings. The molecule has 202 valence electrons. The number of halogens is 1. The van der Waals surface area contributed by atoms with Gasteiger partial charge in [-0.05, 0) is 28.8 Å². The first kappa shape index (κ1) is 30.4. The van der Waals surface area contributed by atoms with E-state index in [1.54, 1.807) is 0 Å². The molecule has 0 amide bonds. The quantitative estimate of drug-likeness (QED) is 0.263. The summed E-state index contributed by atoms with van der Waals surface area (Å²) < 4.78 is 10.8. The Morgan fingerprint density at radius 3 is 1.76 bits per heavy atom. The number of carboxylic acids is 2. The van der Waals surface area contributed by atoms with Crippen LogP contribution >= 0.6 is 11.6 Å². The predicted molar refractivity (Wildman–Crippen MR) is 142 cm³/mol. The first-order valence-corrected chi connectivity index (χ1v) is 12.4. The Bertz CT molecular complexity index is 944. The van der Waals surface area contributed by atoms with E-state index in [2.05, 4.69) is 46.2 Å². The molecule has 0 radical (unpaired) electrons. The highest BCUT2D eigenvalue weighted by Crippen LogP contribution is 2.22. The second-order valence-corrected chi connectivity index (χ2v) is 8.72. The van der Waals surface area contributed by atoms with Crippen LogP contribution in [0.5, 0.6) is 0 Å². The van der Waals surface area contributed by atoms with E-state index in [4.69, 9.17) is 36.4 Å². The van der Waals surface area contributed by atoms with Crippen LogP contribution in [0.25, 0.3) is 11.1 Å². The van der Waals surface area contributed by atoms with Crippen molar-refractivity contribution in [3.8, 4) is 11.1 Å². The fourth-order valence-corrected chi connectivity index (χ4v) is 3.72. The lowest BCUT2D eigenvalue weighted by Crippen LogP contribution is -2.46. The minimum absolute atomic E-state index is 0.0662. The highest BCUT2D eigenvalue weighted by atomic mass is 35.5. The number of carbonyl (C=O) groups is 2. The van der Waals surface area contributed by atoms with Crippen LogP contribution in [0, 0.1) is 0 Å². The average Bonchev–Trinajstić information content (AvgIpc) is 2.89. The van der Waals surface area contributed by atoms with Gasteiger partial charge in [0.1, 0.15) is 0 Å². The van der Waals surface area contributed by atoms with Gasteiger partial charge in [0.15, 0.2) is 0 Å². The summed E-state index contributed by atoms with van der Waals surface area (Å²) in [6.45, 7) is 8.59. The fourth-order valence-electron chi connectivity index (χ4n) is 3.60. The third-order valence-electron chi connectivity index (χ3n) is 5.53. The normalized spacial score (nSPS) is 14.3. The molecule has 2 aromatic rings. The number of aliphatic carboxylic acids is 2. The zero-order valence-corrected chi connectivity index (χ0v) is 21.6. The Hall–Kier alpha value is -2.79. The molecule has 3 rings (SSSR count). The molecule has 0 aromatic heterocycles. The lowest BCUT2D eigenvalue weighted by atomic mass is 10.0. The Labute approximate surface area is 222 Å². The van der Waals surface area contributed by atoms with Crippen LogP contribution in [-0.2, 0) is 25.6 Å². The molecule has 0 aliphatic carbocycles. The third-order valence-corrected chi connectivity index (χ3v) is 5.78. The van der Waals surface area contributed by atoms with Gasteiger partial charge in [0, 0.05) is 56.4 Å². The molecule has 1 heterocycles. The minimum Gasteiger partial charge on any atom is -0.478 e. The van der Waals surface area contributed by atoms with Crippen molar-refractivity contribution in [2.45, 2.75) is 6.54 Å². The number of nitrogens with zero attached hydrogens (tertiary/aromatic N) is 2. The van der Waals surface area contributed by atoms with Crippen LogP contribution in [-0.4, -0.2) is 103 Å². The number of aliphatic hydroxyl groups excluding tert-OH is 1. The van der Waals surface area contributed by atoms with Crippen molar-refractivity contribution in [2.75, 3.05) is 65.8 Å². The average molecular weight is 535 g/mol. The number of hydrogen-bond donors (Lipinski definition) is 3. The van der Waals surface area contributed by atoms with Crippen molar-refractivity contribution in [1.29, 1.82) is 0 Å². The van der Waals surface area contributed by atoms with Gasteiger partial charge < -0.3 is 24.8 Å². The van der Waals surface area contributed by atoms with Crippen molar-refractivity contribution < 1.29 is 34.4 Å². The maximum absolute atomic E-state index is 9.55. The summed E-state index contributed by atoms with van der Waals surface area (Å²) in [4.78, 5) is 24.1. The van der Waals surface area contributed by atoms with Gasteiger partial charge in [0.05, 0.1) is 33.0 Å². The van der Waals surface area contributed by atoms with Crippen LogP contribution < -0.4 is 0 Å². The highest BCUT2D eigenvalue weighted by Gasteiger charge is 2.16. The maximum Gasteiger partial charge on any atom is 0.328 e. The van der Waals surface area contributed by atoms with E-state index in [1.165, 1.54) is 16.7 Å². The van der Waals surface area contributed by atoms with Gasteiger partial charge in [-0.3, -0.25) is 9.80 Å². The number of ether oxygens (including phenoxy) is 2. The van der Waals surface area contributed by atoms with E-state index in [-0.39, 0.29) is 6.61 Å². The zero-order valence-electron chi connectivity index (χ0n) is 20.8. The Kier molecular flexibility index (Phi) is 14.5. The second-order valence-electron chi connectivity index (χ2n) is 8.28. The lowest BCUT2D eigenvalue weighted by Gasteiger charge is -2.34. The van der Waals surface area contributed by atoms with Gasteiger partial charge >= 0.3 is 11.9 Å². The molecule has 2 aromatic carbocycles. The van der Waals surface area contributed by atoms with Crippen LogP contribution in [0.3, 0.4) is 0 Å². The van der Waals surface area contributed by atoms with E-state index in [0.29, 0.717) is 32.0 Å². The molecular formula is C27H35ClN2O7. The number of carboxylic acid groups (broad SMARTS) is 2. The Morgan fingerprint density at radius 2 is 1.24 bits per heavy atom. The molecule has 0 saturated carbocycles. The topological polar surface area (TPSA) is 120 Å². The molecule has 1 aliphatic rings. The molecular weight excluding hydrogens is 500 g/mol. The molecule has 0 atom stereocenters. The molecule has 0 bridgehead atoms.